The van der Waals surface area contributed by atoms with Gasteiger partial charge in [0.15, 0.2) is 10.8 Å². The van der Waals surface area contributed by atoms with Gasteiger partial charge in [0.05, 0.1) is 16.8 Å². The van der Waals surface area contributed by atoms with Crippen LogP contribution in [0.4, 0.5) is 18.9 Å². The van der Waals surface area contributed by atoms with Gasteiger partial charge in [-0.1, -0.05) is 30.7 Å². The number of imidazole rings is 1. The van der Waals surface area contributed by atoms with Crippen LogP contribution in [0.3, 0.4) is 0 Å². The molecule has 1 aromatic carbocycles. The van der Waals surface area contributed by atoms with Gasteiger partial charge in [-0.2, -0.15) is 21.6 Å². The number of nitrogens with zero attached hydrogens (tertiary/aromatic N) is 3. The van der Waals surface area contributed by atoms with Gasteiger partial charge in [0.25, 0.3) is 10.0 Å². The van der Waals surface area contributed by atoms with Crippen molar-refractivity contribution in [1.29, 1.82) is 0 Å². The van der Waals surface area contributed by atoms with E-state index < -0.39 is 21.8 Å². The minimum atomic E-state index is -4.62. The number of rotatable bonds is 5. The van der Waals surface area contributed by atoms with E-state index in [9.17, 15) is 21.6 Å². The van der Waals surface area contributed by atoms with Crippen LogP contribution in [0.25, 0.3) is 5.82 Å². The van der Waals surface area contributed by atoms with Crippen LogP contribution in [0.5, 0.6) is 0 Å². The van der Waals surface area contributed by atoms with E-state index in [1.165, 1.54) is 0 Å². The molecule has 3 rings (SSSR count). The van der Waals surface area contributed by atoms with Crippen molar-refractivity contribution in [3.05, 3.63) is 65.2 Å². The zero-order valence-corrected chi connectivity index (χ0v) is 16.0. The fourth-order valence-electron chi connectivity index (χ4n) is 2.47. The highest BCUT2D eigenvalue weighted by Gasteiger charge is 2.32. The number of hydrogen-bond acceptors (Lipinski definition) is 4. The number of anilines is 1. The molecular formula is C17H14ClF3N4O2S. The van der Waals surface area contributed by atoms with Gasteiger partial charge in [-0.05, 0) is 30.2 Å². The molecule has 0 aliphatic rings. The zero-order valence-electron chi connectivity index (χ0n) is 14.4. The molecule has 0 saturated heterocycles. The van der Waals surface area contributed by atoms with Crippen LogP contribution in [-0.4, -0.2) is 23.0 Å². The molecule has 0 aliphatic carbocycles. The Bertz CT molecular complexity index is 1110. The van der Waals surface area contributed by atoms with Crippen molar-refractivity contribution in [3.8, 4) is 5.82 Å². The lowest BCUT2D eigenvalue weighted by Crippen LogP contribution is -2.17. The van der Waals surface area contributed by atoms with Crippen LogP contribution < -0.4 is 4.72 Å². The molecule has 0 saturated carbocycles. The van der Waals surface area contributed by atoms with E-state index >= 15 is 0 Å². The smallest absolute Gasteiger partial charge is 0.278 e. The van der Waals surface area contributed by atoms with Gasteiger partial charge in [0.2, 0.25) is 0 Å². The van der Waals surface area contributed by atoms with E-state index in [4.69, 9.17) is 11.6 Å². The average molecular weight is 431 g/mol. The minimum absolute atomic E-state index is 0.185. The Balaban J connectivity index is 1.99. The standard InChI is InChI=1S/C17H14ClF3N4O2S/c1-2-11-4-3-5-13(6-11)24-28(26,27)15-9-22-10-25(15)16-14(18)7-12(8-23-16)17(19,20)21/h3-10,24H,2H2,1H3. The first-order valence-electron chi connectivity index (χ1n) is 7.99. The van der Waals surface area contributed by atoms with E-state index in [1.54, 1.807) is 18.2 Å². The monoisotopic (exact) mass is 430 g/mol. The number of hydrogen-bond donors (Lipinski definition) is 1. The van der Waals surface area contributed by atoms with E-state index in [0.29, 0.717) is 18.0 Å². The van der Waals surface area contributed by atoms with Gasteiger partial charge in [0.1, 0.15) is 6.33 Å². The van der Waals surface area contributed by atoms with Crippen LogP contribution in [-0.2, 0) is 22.6 Å². The molecular weight excluding hydrogens is 417 g/mol. The van der Waals surface area contributed by atoms with Crippen molar-refractivity contribution in [2.45, 2.75) is 24.5 Å². The summed E-state index contributed by atoms with van der Waals surface area (Å²) in [6.07, 6.45) is -1.15. The molecule has 0 bridgehead atoms. The van der Waals surface area contributed by atoms with Crippen molar-refractivity contribution in [2.75, 3.05) is 4.72 Å². The van der Waals surface area contributed by atoms with E-state index in [1.807, 2.05) is 13.0 Å². The highest BCUT2D eigenvalue weighted by molar-refractivity contribution is 7.92. The predicted molar refractivity (Wildman–Crippen MR) is 98.0 cm³/mol. The third-order valence-corrected chi connectivity index (χ3v) is 5.48. The van der Waals surface area contributed by atoms with Gasteiger partial charge < -0.3 is 0 Å². The third-order valence-electron chi connectivity index (χ3n) is 3.84. The molecule has 0 aliphatic heterocycles. The van der Waals surface area contributed by atoms with E-state index in [-0.39, 0.29) is 15.9 Å². The second kappa shape index (κ2) is 7.44. The number of sulfonamides is 1. The molecule has 0 atom stereocenters. The first-order valence-corrected chi connectivity index (χ1v) is 9.85. The predicted octanol–water partition coefficient (Wildman–Crippen LogP) is 4.30. The number of alkyl halides is 3. The molecule has 0 fully saturated rings. The number of aromatic nitrogens is 3. The van der Waals surface area contributed by atoms with Crippen molar-refractivity contribution in [2.24, 2.45) is 0 Å². The lowest BCUT2D eigenvalue weighted by atomic mass is 10.1. The van der Waals surface area contributed by atoms with E-state index in [2.05, 4.69) is 14.7 Å². The summed E-state index contributed by atoms with van der Waals surface area (Å²) in [5, 5.41) is -0.680. The van der Waals surface area contributed by atoms with Crippen LogP contribution in [0, 0.1) is 0 Å². The van der Waals surface area contributed by atoms with Gasteiger partial charge in [0, 0.05) is 11.9 Å². The molecule has 11 heteroatoms. The van der Waals surface area contributed by atoms with Gasteiger partial charge >= 0.3 is 6.18 Å². The van der Waals surface area contributed by atoms with Gasteiger partial charge in [-0.25, -0.2) is 9.97 Å². The lowest BCUT2D eigenvalue weighted by molar-refractivity contribution is -0.137. The van der Waals surface area contributed by atoms with Gasteiger partial charge in [-0.3, -0.25) is 9.29 Å². The molecule has 3 aromatic rings. The number of benzene rings is 1. The molecule has 0 spiro atoms. The average Bonchev–Trinajstić information content (AvgIpc) is 3.11. The maximum Gasteiger partial charge on any atom is 0.417 e. The molecule has 0 unspecified atom stereocenters. The summed E-state index contributed by atoms with van der Waals surface area (Å²) < 4.78 is 67.3. The molecule has 1 N–H and O–H groups in total. The summed E-state index contributed by atoms with van der Waals surface area (Å²) in [6.45, 7) is 1.93. The number of pyridine rings is 1. The molecule has 0 radical (unpaired) electrons. The fraction of sp³-hybridized carbons (Fsp3) is 0.176. The number of nitrogens with one attached hydrogen (secondary N) is 1. The van der Waals surface area contributed by atoms with Crippen LogP contribution >= 0.6 is 11.6 Å². The SMILES string of the molecule is CCc1cccc(NS(=O)(=O)c2cncn2-c2ncc(C(F)(F)F)cc2Cl)c1. The lowest BCUT2D eigenvalue weighted by Gasteiger charge is -2.13. The molecule has 2 aromatic heterocycles. The number of aryl methyl sites for hydroxylation is 1. The Kier molecular flexibility index (Phi) is 5.35. The topological polar surface area (TPSA) is 76.9 Å². The normalized spacial score (nSPS) is 12.2. The molecule has 148 valence electrons. The van der Waals surface area contributed by atoms with Crippen molar-refractivity contribution in [1.82, 2.24) is 14.5 Å². The molecule has 28 heavy (non-hydrogen) atoms. The van der Waals surface area contributed by atoms with Crippen molar-refractivity contribution in [3.63, 3.8) is 0 Å². The Morgan fingerprint density at radius 3 is 2.61 bits per heavy atom. The maximum atomic E-state index is 12.8. The Labute approximate surface area is 164 Å². The third kappa shape index (κ3) is 4.12. The van der Waals surface area contributed by atoms with Crippen LogP contribution in [0.15, 0.2) is 54.1 Å². The van der Waals surface area contributed by atoms with Crippen LogP contribution in [0.2, 0.25) is 5.02 Å². The zero-order chi connectivity index (χ0) is 20.5. The van der Waals surface area contributed by atoms with Crippen molar-refractivity contribution >= 4 is 27.3 Å². The van der Waals surface area contributed by atoms with E-state index in [0.717, 1.165) is 29.1 Å². The summed E-state index contributed by atoms with van der Waals surface area (Å²) >= 11 is 5.92. The second-order valence-electron chi connectivity index (χ2n) is 5.79. The Morgan fingerprint density at radius 1 is 1.21 bits per heavy atom. The molecule has 0 amide bonds. The maximum absolute atomic E-state index is 12.8. The summed E-state index contributed by atoms with van der Waals surface area (Å²) in [5.41, 5.74) is 0.236. The van der Waals surface area contributed by atoms with Crippen LogP contribution in [0.1, 0.15) is 18.1 Å². The summed E-state index contributed by atoms with van der Waals surface area (Å²) in [4.78, 5) is 7.45. The Morgan fingerprint density at radius 2 is 1.96 bits per heavy atom. The quantitative estimate of drug-likeness (QED) is 0.654. The largest absolute Gasteiger partial charge is 0.417 e. The first kappa shape index (κ1) is 20.2. The minimum Gasteiger partial charge on any atom is -0.278 e. The highest BCUT2D eigenvalue weighted by Crippen LogP contribution is 2.32. The van der Waals surface area contributed by atoms with Gasteiger partial charge in [-0.15, -0.1) is 0 Å². The fourth-order valence-corrected chi connectivity index (χ4v) is 3.86. The summed E-state index contributed by atoms with van der Waals surface area (Å²) in [6, 6.07) is 7.51. The summed E-state index contributed by atoms with van der Waals surface area (Å²) in [5.74, 6) is -0.185. The molecule has 2 heterocycles. The summed E-state index contributed by atoms with van der Waals surface area (Å²) in [7, 11) is -4.10. The first-order chi connectivity index (χ1) is 13.1. The Hall–Kier alpha value is -2.59. The number of halogens is 4. The molecule has 6 nitrogen and oxygen atoms in total. The van der Waals surface area contributed by atoms with Crippen molar-refractivity contribution < 1.29 is 21.6 Å². The second-order valence-corrected chi connectivity index (χ2v) is 7.82. The highest BCUT2D eigenvalue weighted by atomic mass is 35.5.